The molecule has 6 heteroatoms. The number of likely N-dealkylation sites (tertiary alicyclic amines) is 1. The average molecular weight is 328 g/mol. The molecule has 2 heterocycles. The first-order valence-electron chi connectivity index (χ1n) is 8.37. The highest BCUT2D eigenvalue weighted by molar-refractivity contribution is 5.66. The van der Waals surface area contributed by atoms with Gasteiger partial charge in [-0.1, -0.05) is 35.5 Å². The summed E-state index contributed by atoms with van der Waals surface area (Å²) in [6.45, 7) is 6.44. The number of hydrogen-bond donors (Lipinski definition) is 1. The molecule has 1 aliphatic heterocycles. The van der Waals surface area contributed by atoms with Gasteiger partial charge >= 0.3 is 5.97 Å². The van der Waals surface area contributed by atoms with Crippen molar-refractivity contribution in [3.05, 3.63) is 47.8 Å². The first kappa shape index (κ1) is 16.6. The molecule has 0 amide bonds. The highest BCUT2D eigenvalue weighted by Crippen LogP contribution is 2.41. The van der Waals surface area contributed by atoms with Gasteiger partial charge in [-0.05, 0) is 32.4 Å². The van der Waals surface area contributed by atoms with Crippen LogP contribution in [0.1, 0.15) is 37.4 Å². The van der Waals surface area contributed by atoms with Crippen LogP contribution >= 0.6 is 0 Å². The van der Waals surface area contributed by atoms with Gasteiger partial charge in [0.1, 0.15) is 6.54 Å². The molecule has 1 saturated heterocycles. The van der Waals surface area contributed by atoms with Gasteiger partial charge in [0.2, 0.25) is 0 Å². The molecule has 0 aliphatic carbocycles. The highest BCUT2D eigenvalue weighted by Gasteiger charge is 2.41. The lowest BCUT2D eigenvalue weighted by Gasteiger charge is -2.36. The summed E-state index contributed by atoms with van der Waals surface area (Å²) in [7, 11) is 0. The molecule has 0 spiro atoms. The van der Waals surface area contributed by atoms with Crippen LogP contribution in [0.15, 0.2) is 36.5 Å². The number of rotatable bonds is 6. The Hall–Kier alpha value is -2.21. The molecular weight excluding hydrogens is 304 g/mol. The Morgan fingerprint density at radius 1 is 1.33 bits per heavy atom. The van der Waals surface area contributed by atoms with Crippen LogP contribution in [0.4, 0.5) is 0 Å². The molecule has 1 aromatic carbocycles. The van der Waals surface area contributed by atoms with Crippen LogP contribution in [0, 0.1) is 0 Å². The van der Waals surface area contributed by atoms with Gasteiger partial charge in [0.25, 0.3) is 0 Å². The summed E-state index contributed by atoms with van der Waals surface area (Å²) in [6, 6.07) is 10.7. The third kappa shape index (κ3) is 3.48. The summed E-state index contributed by atoms with van der Waals surface area (Å²) in [5.74, 6) is -0.376. The van der Waals surface area contributed by atoms with Gasteiger partial charge in [0.05, 0.1) is 5.69 Å². The van der Waals surface area contributed by atoms with Crippen LogP contribution in [0.25, 0.3) is 0 Å². The van der Waals surface area contributed by atoms with E-state index < -0.39 is 5.97 Å². The lowest BCUT2D eigenvalue weighted by atomic mass is 9.83. The van der Waals surface area contributed by atoms with Gasteiger partial charge in [0, 0.05) is 30.6 Å². The third-order valence-electron chi connectivity index (χ3n) is 5.08. The van der Waals surface area contributed by atoms with E-state index in [4.69, 9.17) is 5.11 Å². The molecule has 1 fully saturated rings. The zero-order valence-electron chi connectivity index (χ0n) is 14.2. The van der Waals surface area contributed by atoms with E-state index in [1.165, 1.54) is 10.2 Å². The minimum Gasteiger partial charge on any atom is -0.480 e. The summed E-state index contributed by atoms with van der Waals surface area (Å²) >= 11 is 0. The Labute approximate surface area is 142 Å². The molecule has 0 bridgehead atoms. The van der Waals surface area contributed by atoms with Crippen LogP contribution in [0.2, 0.25) is 0 Å². The van der Waals surface area contributed by atoms with Gasteiger partial charge < -0.3 is 5.11 Å². The number of aromatic nitrogens is 3. The largest absolute Gasteiger partial charge is 0.480 e. The predicted octanol–water partition coefficient (Wildman–Crippen LogP) is 2.17. The van der Waals surface area contributed by atoms with Crippen molar-refractivity contribution in [2.45, 2.75) is 44.7 Å². The monoisotopic (exact) mass is 328 g/mol. The van der Waals surface area contributed by atoms with Crippen molar-refractivity contribution in [3.63, 3.8) is 0 Å². The summed E-state index contributed by atoms with van der Waals surface area (Å²) in [5, 5.41) is 16.7. The highest BCUT2D eigenvalue weighted by atomic mass is 16.4. The molecule has 1 unspecified atom stereocenters. The Bertz CT molecular complexity index is 696. The Morgan fingerprint density at radius 3 is 2.79 bits per heavy atom. The number of carboxylic acid groups (broad SMARTS) is 1. The number of benzene rings is 1. The van der Waals surface area contributed by atoms with Gasteiger partial charge in [-0.15, -0.1) is 5.10 Å². The fourth-order valence-corrected chi connectivity index (χ4v) is 3.72. The molecule has 0 saturated carbocycles. The van der Waals surface area contributed by atoms with Crippen molar-refractivity contribution in [3.8, 4) is 0 Å². The molecule has 1 aliphatic rings. The topological polar surface area (TPSA) is 71.2 Å². The molecule has 2 aromatic rings. The Balaban J connectivity index is 1.62. The fourth-order valence-electron chi connectivity index (χ4n) is 3.72. The maximum Gasteiger partial charge on any atom is 0.325 e. The van der Waals surface area contributed by atoms with Crippen LogP contribution in [-0.4, -0.2) is 49.6 Å². The van der Waals surface area contributed by atoms with Crippen LogP contribution in [0.3, 0.4) is 0 Å². The lowest BCUT2D eigenvalue weighted by molar-refractivity contribution is -0.137. The van der Waals surface area contributed by atoms with Crippen LogP contribution in [-0.2, 0) is 17.8 Å². The zero-order valence-corrected chi connectivity index (χ0v) is 14.2. The molecule has 0 radical (unpaired) electrons. The molecule has 3 rings (SSSR count). The molecule has 24 heavy (non-hydrogen) atoms. The second-order valence-electron chi connectivity index (χ2n) is 6.94. The van der Waals surface area contributed by atoms with E-state index in [-0.39, 0.29) is 12.1 Å². The van der Waals surface area contributed by atoms with Crippen LogP contribution in [0.5, 0.6) is 0 Å². The summed E-state index contributed by atoms with van der Waals surface area (Å²) in [4.78, 5) is 13.2. The van der Waals surface area contributed by atoms with Gasteiger partial charge in [-0.3, -0.25) is 9.69 Å². The predicted molar refractivity (Wildman–Crippen MR) is 90.8 cm³/mol. The fraction of sp³-hybridized carbons (Fsp3) is 0.500. The lowest BCUT2D eigenvalue weighted by Crippen LogP contribution is -2.42. The van der Waals surface area contributed by atoms with Crippen molar-refractivity contribution in [1.82, 2.24) is 19.9 Å². The van der Waals surface area contributed by atoms with E-state index in [9.17, 15) is 4.79 Å². The summed E-state index contributed by atoms with van der Waals surface area (Å²) in [6.07, 6.45) is 3.67. The third-order valence-corrected chi connectivity index (χ3v) is 5.08. The first-order valence-corrected chi connectivity index (χ1v) is 8.37. The van der Waals surface area contributed by atoms with E-state index in [2.05, 4.69) is 59.4 Å². The molecule has 6 nitrogen and oxygen atoms in total. The Morgan fingerprint density at radius 2 is 2.08 bits per heavy atom. The normalized spacial score (nSPS) is 20.3. The number of nitrogens with zero attached hydrogens (tertiary/aromatic N) is 4. The van der Waals surface area contributed by atoms with E-state index in [1.54, 1.807) is 6.20 Å². The van der Waals surface area contributed by atoms with Crippen molar-refractivity contribution in [1.29, 1.82) is 0 Å². The smallest absolute Gasteiger partial charge is 0.325 e. The standard InChI is InChI=1S/C18H24N4O2/c1-18(2)16(14-6-4-3-5-7-14)9-11-21(18)10-8-15-12-22(20-19-15)13-17(23)24/h3-7,12,16H,8-11,13H2,1-2H3,(H,23,24). The van der Waals surface area contributed by atoms with Crippen molar-refractivity contribution >= 4 is 5.97 Å². The molecule has 1 atom stereocenters. The number of carbonyl (C=O) groups is 1. The number of carboxylic acids is 1. The first-order chi connectivity index (χ1) is 11.5. The van der Waals surface area contributed by atoms with E-state index in [1.807, 2.05) is 0 Å². The molecule has 1 aromatic heterocycles. The number of hydrogen-bond acceptors (Lipinski definition) is 4. The van der Waals surface area contributed by atoms with E-state index in [0.29, 0.717) is 5.92 Å². The van der Waals surface area contributed by atoms with Gasteiger partial charge in [-0.25, -0.2) is 4.68 Å². The SMILES string of the molecule is CC1(C)C(c2ccccc2)CCN1CCc1cn(CC(=O)O)nn1. The van der Waals surface area contributed by atoms with Crippen molar-refractivity contribution in [2.75, 3.05) is 13.1 Å². The molecule has 1 N–H and O–H groups in total. The second kappa shape index (κ2) is 6.73. The maximum atomic E-state index is 10.7. The summed E-state index contributed by atoms with van der Waals surface area (Å²) in [5.41, 5.74) is 2.34. The minimum absolute atomic E-state index is 0.0956. The quantitative estimate of drug-likeness (QED) is 0.880. The van der Waals surface area contributed by atoms with Gasteiger partial charge in [-0.2, -0.15) is 0 Å². The maximum absolute atomic E-state index is 10.7. The number of aliphatic carboxylic acids is 1. The minimum atomic E-state index is -0.905. The van der Waals surface area contributed by atoms with E-state index >= 15 is 0 Å². The van der Waals surface area contributed by atoms with Crippen molar-refractivity contribution in [2.24, 2.45) is 0 Å². The molecule has 128 valence electrons. The van der Waals surface area contributed by atoms with Gasteiger partial charge in [0.15, 0.2) is 0 Å². The van der Waals surface area contributed by atoms with Crippen LogP contribution < -0.4 is 0 Å². The van der Waals surface area contributed by atoms with Crippen molar-refractivity contribution < 1.29 is 9.90 Å². The average Bonchev–Trinajstić information content (AvgIpc) is 3.09. The second-order valence-corrected chi connectivity index (χ2v) is 6.94. The zero-order chi connectivity index (χ0) is 17.2. The Kier molecular flexibility index (Phi) is 4.66. The van der Waals surface area contributed by atoms with E-state index in [0.717, 1.165) is 31.6 Å². The summed E-state index contributed by atoms with van der Waals surface area (Å²) < 4.78 is 1.37. The molecular formula is C18H24N4O2.